The number of carbonyl (C=O) groups excluding carboxylic acids is 2. The molecule has 1 heterocycles. The number of nitrogens with zero attached hydrogens (tertiary/aromatic N) is 1. The van der Waals surface area contributed by atoms with Crippen molar-refractivity contribution >= 4 is 29.0 Å². The third-order valence-electron chi connectivity index (χ3n) is 4.72. The van der Waals surface area contributed by atoms with Crippen LogP contribution in [0.1, 0.15) is 51.5 Å². The summed E-state index contributed by atoms with van der Waals surface area (Å²) in [7, 11) is 0. The molecule has 1 saturated carbocycles. The van der Waals surface area contributed by atoms with Gasteiger partial charge in [0.1, 0.15) is 10.8 Å². The lowest BCUT2D eigenvalue weighted by molar-refractivity contribution is -0.139. The zero-order valence-electron chi connectivity index (χ0n) is 14.8. The first-order valence-corrected chi connectivity index (χ1v) is 9.37. The molecule has 1 aromatic carbocycles. The van der Waals surface area contributed by atoms with Gasteiger partial charge in [-0.3, -0.25) is 14.5 Å². The van der Waals surface area contributed by atoms with E-state index in [-0.39, 0.29) is 22.9 Å². The molecule has 0 aromatic heterocycles. The fourth-order valence-electron chi connectivity index (χ4n) is 3.42. The summed E-state index contributed by atoms with van der Waals surface area (Å²) in [5, 5.41) is 0.0337. The predicted molar refractivity (Wildman–Crippen MR) is 98.3 cm³/mol. The van der Waals surface area contributed by atoms with Crippen LogP contribution in [0, 0.1) is 5.92 Å². The van der Waals surface area contributed by atoms with Crippen LogP contribution in [0.4, 0.5) is 0 Å². The molecule has 4 nitrogen and oxygen atoms in total. The molecule has 3 rings (SSSR count). The molecule has 0 radical (unpaired) electrons. The summed E-state index contributed by atoms with van der Waals surface area (Å²) in [5.74, 6) is 0.566. The van der Waals surface area contributed by atoms with Gasteiger partial charge in [0.25, 0.3) is 11.8 Å². The first-order valence-electron chi connectivity index (χ1n) is 9.00. The number of imide groups is 1. The fraction of sp³-hybridized carbons (Fsp3) is 0.500. The van der Waals surface area contributed by atoms with Gasteiger partial charge in [0, 0.05) is 6.04 Å². The normalized spacial score (nSPS) is 19.3. The largest absolute Gasteiger partial charge is 0.493 e. The maximum Gasteiger partial charge on any atom is 0.273 e. The van der Waals surface area contributed by atoms with Gasteiger partial charge in [-0.05, 0) is 36.5 Å². The highest BCUT2D eigenvalue weighted by Gasteiger charge is 2.42. The summed E-state index contributed by atoms with van der Waals surface area (Å²) in [5.41, 5.74) is 0.978. The lowest BCUT2D eigenvalue weighted by atomic mass is 9.94. The lowest BCUT2D eigenvalue weighted by Gasteiger charge is -2.29. The van der Waals surface area contributed by atoms with Crippen molar-refractivity contribution < 1.29 is 14.3 Å². The molecular weight excluding hydrogens is 338 g/mol. The van der Waals surface area contributed by atoms with Crippen LogP contribution < -0.4 is 4.74 Å². The van der Waals surface area contributed by atoms with Crippen molar-refractivity contribution in [2.75, 3.05) is 6.61 Å². The van der Waals surface area contributed by atoms with Crippen LogP contribution in [0.25, 0.3) is 5.57 Å². The molecule has 0 saturated heterocycles. The van der Waals surface area contributed by atoms with Gasteiger partial charge in [-0.25, -0.2) is 0 Å². The monoisotopic (exact) mass is 361 g/mol. The van der Waals surface area contributed by atoms with E-state index < -0.39 is 0 Å². The summed E-state index contributed by atoms with van der Waals surface area (Å²) in [4.78, 5) is 26.8. The Morgan fingerprint density at radius 3 is 2.32 bits per heavy atom. The molecule has 25 heavy (non-hydrogen) atoms. The standard InChI is InChI=1S/C20H24ClNO3/c1-13(2)12-25-16-10-8-14(9-11-16)17-18(21)20(24)22(19(17)23)15-6-4-3-5-7-15/h8-11,13,15H,3-7,12H2,1-2H3. The van der Waals surface area contributed by atoms with Crippen LogP contribution in [0.2, 0.25) is 0 Å². The first-order chi connectivity index (χ1) is 12.0. The van der Waals surface area contributed by atoms with E-state index in [9.17, 15) is 9.59 Å². The molecule has 1 fully saturated rings. The molecule has 0 unspecified atom stereocenters. The number of hydrogen-bond acceptors (Lipinski definition) is 3. The Labute approximate surface area is 153 Å². The number of carbonyl (C=O) groups is 2. The molecule has 1 aliphatic heterocycles. The SMILES string of the molecule is CC(C)COc1ccc(C2=C(Cl)C(=O)N(C3CCCCC3)C2=O)cc1. The maximum absolute atomic E-state index is 12.9. The molecule has 1 aliphatic carbocycles. The van der Waals surface area contributed by atoms with E-state index in [4.69, 9.17) is 16.3 Å². The first kappa shape index (κ1) is 18.0. The van der Waals surface area contributed by atoms with Crippen LogP contribution in [0.15, 0.2) is 29.3 Å². The zero-order chi connectivity index (χ0) is 18.0. The highest BCUT2D eigenvalue weighted by Crippen LogP contribution is 2.36. The Morgan fingerprint density at radius 1 is 1.08 bits per heavy atom. The van der Waals surface area contributed by atoms with E-state index in [1.54, 1.807) is 12.1 Å². The second-order valence-corrected chi connectivity index (χ2v) is 7.57. The second kappa shape index (κ2) is 7.61. The molecule has 2 aliphatic rings. The minimum absolute atomic E-state index is 0.0198. The molecule has 2 amide bonds. The van der Waals surface area contributed by atoms with Crippen LogP contribution in [-0.2, 0) is 9.59 Å². The average molecular weight is 362 g/mol. The van der Waals surface area contributed by atoms with Crippen molar-refractivity contribution in [1.82, 2.24) is 4.90 Å². The van der Waals surface area contributed by atoms with Crippen molar-refractivity contribution in [2.24, 2.45) is 5.92 Å². The Kier molecular flexibility index (Phi) is 5.48. The van der Waals surface area contributed by atoms with Gasteiger partial charge in [-0.2, -0.15) is 0 Å². The third kappa shape index (κ3) is 3.74. The third-order valence-corrected chi connectivity index (χ3v) is 5.08. The van der Waals surface area contributed by atoms with Gasteiger partial charge < -0.3 is 4.74 Å². The summed E-state index contributed by atoms with van der Waals surface area (Å²) in [6, 6.07) is 7.20. The minimum Gasteiger partial charge on any atom is -0.493 e. The van der Waals surface area contributed by atoms with Gasteiger partial charge in [0.15, 0.2) is 0 Å². The Hall–Kier alpha value is -1.81. The number of ether oxygens (including phenoxy) is 1. The highest BCUT2D eigenvalue weighted by molar-refractivity contribution is 6.55. The summed E-state index contributed by atoms with van der Waals surface area (Å²) < 4.78 is 5.66. The summed E-state index contributed by atoms with van der Waals surface area (Å²) in [6.07, 6.45) is 5.01. The van der Waals surface area contributed by atoms with E-state index in [2.05, 4.69) is 13.8 Å². The van der Waals surface area contributed by atoms with Crippen molar-refractivity contribution in [3.05, 3.63) is 34.9 Å². The van der Waals surface area contributed by atoms with Gasteiger partial charge in [-0.15, -0.1) is 0 Å². The van der Waals surface area contributed by atoms with Crippen molar-refractivity contribution in [3.8, 4) is 5.75 Å². The van der Waals surface area contributed by atoms with E-state index in [0.717, 1.165) is 31.4 Å². The maximum atomic E-state index is 12.9. The number of halogens is 1. The molecule has 0 atom stereocenters. The van der Waals surface area contributed by atoms with Gasteiger partial charge in [0.05, 0.1) is 12.2 Å². The second-order valence-electron chi connectivity index (χ2n) is 7.19. The smallest absolute Gasteiger partial charge is 0.273 e. The van der Waals surface area contributed by atoms with Crippen molar-refractivity contribution in [2.45, 2.75) is 52.0 Å². The Balaban J connectivity index is 1.79. The van der Waals surface area contributed by atoms with Crippen LogP contribution in [-0.4, -0.2) is 29.4 Å². The van der Waals surface area contributed by atoms with E-state index in [1.165, 1.54) is 11.3 Å². The van der Waals surface area contributed by atoms with Crippen LogP contribution >= 0.6 is 11.6 Å². The van der Waals surface area contributed by atoms with Gasteiger partial charge in [-0.1, -0.05) is 56.8 Å². The molecule has 0 N–H and O–H groups in total. The van der Waals surface area contributed by atoms with Gasteiger partial charge >= 0.3 is 0 Å². The molecule has 0 spiro atoms. The van der Waals surface area contributed by atoms with Crippen LogP contribution in [0.3, 0.4) is 0 Å². The van der Waals surface area contributed by atoms with Crippen LogP contribution in [0.5, 0.6) is 5.75 Å². The summed E-state index contributed by atoms with van der Waals surface area (Å²) >= 11 is 6.25. The van der Waals surface area contributed by atoms with E-state index in [0.29, 0.717) is 23.7 Å². The summed E-state index contributed by atoms with van der Waals surface area (Å²) in [6.45, 7) is 4.80. The Bertz CT molecular complexity index is 687. The molecular formula is C20H24ClNO3. The molecule has 5 heteroatoms. The topological polar surface area (TPSA) is 46.6 Å². The molecule has 134 valence electrons. The van der Waals surface area contributed by atoms with E-state index >= 15 is 0 Å². The number of amides is 2. The number of hydrogen-bond donors (Lipinski definition) is 0. The van der Waals surface area contributed by atoms with E-state index in [1.807, 2.05) is 12.1 Å². The quantitative estimate of drug-likeness (QED) is 0.731. The molecule has 1 aromatic rings. The number of benzene rings is 1. The zero-order valence-corrected chi connectivity index (χ0v) is 15.5. The van der Waals surface area contributed by atoms with Gasteiger partial charge in [0.2, 0.25) is 0 Å². The average Bonchev–Trinajstić information content (AvgIpc) is 2.83. The molecule has 0 bridgehead atoms. The predicted octanol–water partition coefficient (Wildman–Crippen LogP) is 4.37. The highest BCUT2D eigenvalue weighted by atomic mass is 35.5. The van der Waals surface area contributed by atoms with Crippen molar-refractivity contribution in [1.29, 1.82) is 0 Å². The van der Waals surface area contributed by atoms with Crippen molar-refractivity contribution in [3.63, 3.8) is 0 Å². The Morgan fingerprint density at radius 2 is 1.72 bits per heavy atom. The number of rotatable bonds is 5. The fourth-order valence-corrected chi connectivity index (χ4v) is 3.70. The minimum atomic E-state index is -0.353. The lowest BCUT2D eigenvalue weighted by Crippen LogP contribution is -2.41.